The lowest BCUT2D eigenvalue weighted by molar-refractivity contribution is -0.124. The number of anilines is 1. The fourth-order valence-corrected chi connectivity index (χ4v) is 3.37. The van der Waals surface area contributed by atoms with Gasteiger partial charge in [0, 0.05) is 16.6 Å². The van der Waals surface area contributed by atoms with E-state index in [1.807, 2.05) is 55.5 Å². The molecule has 1 aliphatic heterocycles. The van der Waals surface area contributed by atoms with Crippen LogP contribution in [0.1, 0.15) is 30.5 Å². The molecule has 4 nitrogen and oxygen atoms in total. The minimum absolute atomic E-state index is 0.00710. The number of carbonyl (C=O) groups is 2. The maximum absolute atomic E-state index is 12.4. The SMILES string of the molecule is CC(NC(=O)CN1C(=O)CCc2cc(Br)ccc21)c1ccccc1. The summed E-state index contributed by atoms with van der Waals surface area (Å²) in [4.78, 5) is 26.3. The molecule has 0 aliphatic carbocycles. The van der Waals surface area contributed by atoms with Crippen LogP contribution in [-0.2, 0) is 16.0 Å². The lowest BCUT2D eigenvalue weighted by Gasteiger charge is -2.29. The monoisotopic (exact) mass is 386 g/mol. The van der Waals surface area contributed by atoms with E-state index in [2.05, 4.69) is 21.2 Å². The van der Waals surface area contributed by atoms with Crippen molar-refractivity contribution in [1.82, 2.24) is 5.32 Å². The highest BCUT2D eigenvalue weighted by atomic mass is 79.9. The zero-order valence-electron chi connectivity index (χ0n) is 13.5. The van der Waals surface area contributed by atoms with Crippen LogP contribution >= 0.6 is 15.9 Å². The summed E-state index contributed by atoms with van der Waals surface area (Å²) in [5, 5.41) is 2.96. The molecule has 0 radical (unpaired) electrons. The maximum Gasteiger partial charge on any atom is 0.240 e. The second-order valence-electron chi connectivity index (χ2n) is 5.95. The van der Waals surface area contributed by atoms with E-state index in [-0.39, 0.29) is 24.4 Å². The van der Waals surface area contributed by atoms with Gasteiger partial charge in [0.1, 0.15) is 6.54 Å². The van der Waals surface area contributed by atoms with E-state index in [1.165, 1.54) is 0 Å². The van der Waals surface area contributed by atoms with Crippen LogP contribution in [0.4, 0.5) is 5.69 Å². The van der Waals surface area contributed by atoms with Gasteiger partial charge >= 0.3 is 0 Å². The normalized spacial score (nSPS) is 14.9. The Morgan fingerprint density at radius 2 is 1.96 bits per heavy atom. The number of benzene rings is 2. The van der Waals surface area contributed by atoms with E-state index in [1.54, 1.807) is 4.90 Å². The molecule has 0 aromatic heterocycles. The largest absolute Gasteiger partial charge is 0.348 e. The smallest absolute Gasteiger partial charge is 0.240 e. The molecule has 0 saturated heterocycles. The summed E-state index contributed by atoms with van der Waals surface area (Å²) in [5.41, 5.74) is 2.96. The second-order valence-corrected chi connectivity index (χ2v) is 6.87. The van der Waals surface area contributed by atoms with E-state index in [0.29, 0.717) is 12.8 Å². The van der Waals surface area contributed by atoms with Gasteiger partial charge in [-0.3, -0.25) is 9.59 Å². The Kier molecular flexibility index (Phi) is 5.00. The van der Waals surface area contributed by atoms with E-state index >= 15 is 0 Å². The van der Waals surface area contributed by atoms with Crippen molar-refractivity contribution in [2.45, 2.75) is 25.8 Å². The van der Waals surface area contributed by atoms with Crippen molar-refractivity contribution < 1.29 is 9.59 Å². The van der Waals surface area contributed by atoms with Gasteiger partial charge in [-0.25, -0.2) is 0 Å². The summed E-state index contributed by atoms with van der Waals surface area (Å²) in [6.45, 7) is 1.99. The highest BCUT2D eigenvalue weighted by molar-refractivity contribution is 9.10. The molecule has 2 amide bonds. The van der Waals surface area contributed by atoms with Gasteiger partial charge in [-0.1, -0.05) is 46.3 Å². The van der Waals surface area contributed by atoms with Crippen molar-refractivity contribution in [2.75, 3.05) is 11.4 Å². The Morgan fingerprint density at radius 1 is 1.21 bits per heavy atom. The minimum Gasteiger partial charge on any atom is -0.348 e. The Morgan fingerprint density at radius 3 is 2.71 bits per heavy atom. The van der Waals surface area contributed by atoms with Crippen molar-refractivity contribution in [3.63, 3.8) is 0 Å². The first-order chi connectivity index (χ1) is 11.5. The third-order valence-electron chi connectivity index (χ3n) is 4.22. The predicted octanol–water partition coefficient (Wildman–Crippen LogP) is 3.61. The lowest BCUT2D eigenvalue weighted by Crippen LogP contribution is -2.43. The first-order valence-electron chi connectivity index (χ1n) is 7.97. The van der Waals surface area contributed by atoms with Crippen molar-refractivity contribution in [3.05, 3.63) is 64.1 Å². The van der Waals surface area contributed by atoms with Gasteiger partial charge in [-0.2, -0.15) is 0 Å². The number of fused-ring (bicyclic) bond motifs is 1. The number of carbonyl (C=O) groups excluding carboxylic acids is 2. The molecule has 0 saturated carbocycles. The fraction of sp³-hybridized carbons (Fsp3) is 0.263. The summed E-state index contributed by atoms with van der Waals surface area (Å²) in [6, 6.07) is 15.5. The molecule has 0 spiro atoms. The quantitative estimate of drug-likeness (QED) is 0.872. The van der Waals surface area contributed by atoms with E-state index in [9.17, 15) is 9.59 Å². The number of nitrogens with zero attached hydrogens (tertiary/aromatic N) is 1. The van der Waals surface area contributed by atoms with E-state index in [4.69, 9.17) is 0 Å². The van der Waals surface area contributed by atoms with Crippen molar-refractivity contribution in [1.29, 1.82) is 0 Å². The fourth-order valence-electron chi connectivity index (χ4n) is 2.96. The highest BCUT2D eigenvalue weighted by Gasteiger charge is 2.26. The number of hydrogen-bond acceptors (Lipinski definition) is 2. The molecule has 1 heterocycles. The first-order valence-corrected chi connectivity index (χ1v) is 8.77. The third-order valence-corrected chi connectivity index (χ3v) is 4.71. The van der Waals surface area contributed by atoms with Crippen LogP contribution in [0.5, 0.6) is 0 Å². The average molecular weight is 387 g/mol. The number of rotatable bonds is 4. The minimum atomic E-state index is -0.157. The predicted molar refractivity (Wildman–Crippen MR) is 97.8 cm³/mol. The molecule has 24 heavy (non-hydrogen) atoms. The molecule has 1 atom stereocenters. The van der Waals surface area contributed by atoms with Gasteiger partial charge < -0.3 is 10.2 Å². The molecule has 5 heteroatoms. The number of nitrogens with one attached hydrogen (secondary N) is 1. The standard InChI is InChI=1S/C19H19BrN2O2/c1-13(14-5-3-2-4-6-14)21-18(23)12-22-17-9-8-16(20)11-15(17)7-10-19(22)24/h2-6,8-9,11,13H,7,10,12H2,1H3,(H,21,23). The summed E-state index contributed by atoms with van der Waals surface area (Å²) < 4.78 is 0.984. The summed E-state index contributed by atoms with van der Waals surface area (Å²) >= 11 is 3.45. The van der Waals surface area contributed by atoms with Crippen LogP contribution < -0.4 is 10.2 Å². The Labute approximate surface area is 150 Å². The van der Waals surface area contributed by atoms with Gasteiger partial charge in [-0.15, -0.1) is 0 Å². The summed E-state index contributed by atoms with van der Waals surface area (Å²) in [6.07, 6.45) is 1.15. The van der Waals surface area contributed by atoms with E-state index in [0.717, 1.165) is 21.3 Å². The van der Waals surface area contributed by atoms with Crippen LogP contribution in [0.2, 0.25) is 0 Å². The number of aryl methyl sites for hydroxylation is 1. The van der Waals surface area contributed by atoms with Gasteiger partial charge in [-0.05, 0) is 42.7 Å². The van der Waals surface area contributed by atoms with Gasteiger partial charge in [0.25, 0.3) is 0 Å². The Bertz CT molecular complexity index is 761. The zero-order chi connectivity index (χ0) is 17.1. The van der Waals surface area contributed by atoms with Crippen LogP contribution in [0.15, 0.2) is 53.0 Å². The maximum atomic E-state index is 12.4. The van der Waals surface area contributed by atoms with Crippen molar-refractivity contribution in [2.24, 2.45) is 0 Å². The molecule has 124 valence electrons. The molecular weight excluding hydrogens is 368 g/mol. The van der Waals surface area contributed by atoms with Crippen LogP contribution in [0.3, 0.4) is 0 Å². The van der Waals surface area contributed by atoms with Crippen molar-refractivity contribution >= 4 is 33.4 Å². The number of amides is 2. The van der Waals surface area contributed by atoms with Gasteiger partial charge in [0.05, 0.1) is 6.04 Å². The zero-order valence-corrected chi connectivity index (χ0v) is 15.0. The average Bonchev–Trinajstić information content (AvgIpc) is 2.58. The molecule has 3 rings (SSSR count). The summed E-state index contributed by atoms with van der Waals surface area (Å²) in [7, 11) is 0. The van der Waals surface area contributed by atoms with Crippen molar-refractivity contribution in [3.8, 4) is 0 Å². The molecule has 1 aliphatic rings. The van der Waals surface area contributed by atoms with E-state index < -0.39 is 0 Å². The number of halogens is 1. The van der Waals surface area contributed by atoms with Gasteiger partial charge in [0.15, 0.2) is 0 Å². The van der Waals surface area contributed by atoms with Gasteiger partial charge in [0.2, 0.25) is 11.8 Å². The molecule has 1 unspecified atom stereocenters. The molecule has 0 bridgehead atoms. The Hall–Kier alpha value is -2.14. The second kappa shape index (κ2) is 7.18. The molecule has 0 fully saturated rings. The van der Waals surface area contributed by atoms with Crippen LogP contribution in [0.25, 0.3) is 0 Å². The third kappa shape index (κ3) is 3.67. The number of hydrogen-bond donors (Lipinski definition) is 1. The molecular formula is C19H19BrN2O2. The Balaban J connectivity index is 1.71. The van der Waals surface area contributed by atoms with Crippen LogP contribution in [0, 0.1) is 0 Å². The molecule has 2 aromatic carbocycles. The topological polar surface area (TPSA) is 49.4 Å². The highest BCUT2D eigenvalue weighted by Crippen LogP contribution is 2.30. The molecule has 2 aromatic rings. The molecule has 1 N–H and O–H groups in total. The van der Waals surface area contributed by atoms with Crippen LogP contribution in [-0.4, -0.2) is 18.4 Å². The lowest BCUT2D eigenvalue weighted by atomic mass is 10.0. The first kappa shape index (κ1) is 16.7. The summed E-state index contributed by atoms with van der Waals surface area (Å²) in [5.74, 6) is -0.164.